The van der Waals surface area contributed by atoms with Gasteiger partial charge in [0, 0.05) is 10.5 Å². The van der Waals surface area contributed by atoms with Gasteiger partial charge >= 0.3 is 6.18 Å². The highest BCUT2D eigenvalue weighted by molar-refractivity contribution is 9.10. The number of hydrogen-bond acceptors (Lipinski definition) is 2. The summed E-state index contributed by atoms with van der Waals surface area (Å²) in [6.07, 6.45) is -4.61. The van der Waals surface area contributed by atoms with Crippen molar-refractivity contribution < 1.29 is 23.1 Å². The van der Waals surface area contributed by atoms with Gasteiger partial charge in [0.1, 0.15) is 0 Å². The summed E-state index contributed by atoms with van der Waals surface area (Å²) in [5.74, 6) is -0.864. The number of alkyl halides is 3. The second-order valence-electron chi connectivity index (χ2n) is 3.74. The molecule has 7 heteroatoms. The van der Waals surface area contributed by atoms with Crippen molar-refractivity contribution >= 4 is 21.8 Å². The van der Waals surface area contributed by atoms with E-state index in [9.17, 15) is 18.0 Å². The molecule has 1 unspecified atom stereocenters. The molecule has 3 nitrogen and oxygen atoms in total. The summed E-state index contributed by atoms with van der Waals surface area (Å²) in [6.45, 7) is 1.15. The normalized spacial score (nSPS) is 13.2. The van der Waals surface area contributed by atoms with Gasteiger partial charge in [0.05, 0.1) is 17.7 Å². The zero-order valence-corrected chi connectivity index (χ0v) is 11.0. The van der Waals surface area contributed by atoms with Gasteiger partial charge in [-0.1, -0.05) is 15.9 Å². The van der Waals surface area contributed by atoms with Gasteiger partial charge in [0.25, 0.3) is 5.91 Å². The Kier molecular flexibility index (Phi) is 4.75. The molecule has 0 aromatic heterocycles. The molecule has 0 fully saturated rings. The maximum atomic E-state index is 12.8. The van der Waals surface area contributed by atoms with Gasteiger partial charge in [0.15, 0.2) is 0 Å². The van der Waals surface area contributed by atoms with E-state index in [1.165, 1.54) is 13.0 Å². The summed E-state index contributed by atoms with van der Waals surface area (Å²) < 4.78 is 38.5. The van der Waals surface area contributed by atoms with Crippen LogP contribution in [0, 0.1) is 0 Å². The number of benzene rings is 1. The zero-order chi connectivity index (χ0) is 13.9. The van der Waals surface area contributed by atoms with Crippen molar-refractivity contribution in [2.75, 3.05) is 6.61 Å². The van der Waals surface area contributed by atoms with E-state index in [0.29, 0.717) is 0 Å². The molecule has 1 aromatic carbocycles. The smallest absolute Gasteiger partial charge is 0.394 e. The molecule has 0 aliphatic heterocycles. The van der Waals surface area contributed by atoms with Crippen LogP contribution in [0.2, 0.25) is 0 Å². The Morgan fingerprint density at radius 2 is 2.11 bits per heavy atom. The minimum Gasteiger partial charge on any atom is -0.394 e. The van der Waals surface area contributed by atoms with Crippen LogP contribution in [-0.4, -0.2) is 23.7 Å². The van der Waals surface area contributed by atoms with Crippen molar-refractivity contribution in [3.8, 4) is 0 Å². The number of aliphatic hydroxyl groups is 1. The zero-order valence-electron chi connectivity index (χ0n) is 9.38. The highest BCUT2D eigenvalue weighted by Gasteiger charge is 2.35. The van der Waals surface area contributed by atoms with Crippen LogP contribution >= 0.6 is 15.9 Å². The molecular weight excluding hydrogens is 315 g/mol. The Labute approximate surface area is 110 Å². The van der Waals surface area contributed by atoms with Gasteiger partial charge in [0.2, 0.25) is 0 Å². The first-order valence-electron chi connectivity index (χ1n) is 5.04. The third-order valence-corrected chi connectivity index (χ3v) is 2.68. The van der Waals surface area contributed by atoms with Crippen molar-refractivity contribution in [3.05, 3.63) is 33.8 Å². The van der Waals surface area contributed by atoms with Gasteiger partial charge in [-0.05, 0) is 25.1 Å². The number of aliphatic hydroxyl groups excluding tert-OH is 1. The first-order valence-corrected chi connectivity index (χ1v) is 5.83. The molecule has 0 aliphatic carbocycles. The molecule has 0 saturated carbocycles. The molecule has 2 N–H and O–H groups in total. The minimum absolute atomic E-state index is 0.238. The predicted octanol–water partition coefficient (Wildman–Crippen LogP) is 2.58. The van der Waals surface area contributed by atoms with Gasteiger partial charge in [-0.25, -0.2) is 0 Å². The molecule has 0 radical (unpaired) electrons. The number of carbonyl (C=O) groups excluding carboxylic acids is 1. The molecule has 1 aromatic rings. The number of hydrogen-bond donors (Lipinski definition) is 2. The lowest BCUT2D eigenvalue weighted by Crippen LogP contribution is -2.36. The SMILES string of the molecule is CC(CO)NC(=O)c1ccc(Br)cc1C(F)(F)F. The van der Waals surface area contributed by atoms with E-state index in [0.717, 1.165) is 12.1 Å². The Morgan fingerprint density at radius 3 is 2.61 bits per heavy atom. The van der Waals surface area contributed by atoms with Gasteiger partial charge in [-0.15, -0.1) is 0 Å². The Balaban J connectivity index is 3.12. The highest BCUT2D eigenvalue weighted by atomic mass is 79.9. The fourth-order valence-corrected chi connectivity index (χ4v) is 1.66. The molecule has 0 heterocycles. The molecule has 1 amide bonds. The van der Waals surface area contributed by atoms with Crippen molar-refractivity contribution in [2.45, 2.75) is 19.1 Å². The van der Waals surface area contributed by atoms with Crippen LogP contribution < -0.4 is 5.32 Å². The molecule has 0 spiro atoms. The number of amides is 1. The maximum absolute atomic E-state index is 12.8. The molecule has 0 saturated heterocycles. The van der Waals surface area contributed by atoms with E-state index in [-0.39, 0.29) is 11.1 Å². The highest BCUT2D eigenvalue weighted by Crippen LogP contribution is 2.33. The number of nitrogens with one attached hydrogen (secondary N) is 1. The molecule has 100 valence electrons. The Bertz CT molecular complexity index is 448. The van der Waals surface area contributed by atoms with E-state index in [1.807, 2.05) is 0 Å². The van der Waals surface area contributed by atoms with Gasteiger partial charge in [-0.2, -0.15) is 13.2 Å². The van der Waals surface area contributed by atoms with E-state index in [2.05, 4.69) is 21.2 Å². The summed E-state index contributed by atoms with van der Waals surface area (Å²) in [5, 5.41) is 11.0. The topological polar surface area (TPSA) is 49.3 Å². The monoisotopic (exact) mass is 325 g/mol. The third-order valence-electron chi connectivity index (χ3n) is 2.18. The van der Waals surface area contributed by atoms with Crippen LogP contribution in [0.25, 0.3) is 0 Å². The van der Waals surface area contributed by atoms with Crippen LogP contribution in [0.1, 0.15) is 22.8 Å². The largest absolute Gasteiger partial charge is 0.417 e. The minimum atomic E-state index is -4.61. The summed E-state index contributed by atoms with van der Waals surface area (Å²) in [7, 11) is 0. The lowest BCUT2D eigenvalue weighted by atomic mass is 10.1. The van der Waals surface area contributed by atoms with Crippen LogP contribution in [0.4, 0.5) is 13.2 Å². The average Bonchev–Trinajstić information content (AvgIpc) is 2.27. The van der Waals surface area contributed by atoms with Crippen LogP contribution in [-0.2, 0) is 6.18 Å². The summed E-state index contributed by atoms with van der Waals surface area (Å²) >= 11 is 2.93. The van der Waals surface area contributed by atoms with Crippen molar-refractivity contribution in [3.63, 3.8) is 0 Å². The van der Waals surface area contributed by atoms with Gasteiger partial charge < -0.3 is 10.4 Å². The first kappa shape index (κ1) is 15.0. The first-order chi connectivity index (χ1) is 8.25. The second-order valence-corrected chi connectivity index (χ2v) is 4.66. The standard InChI is InChI=1S/C11H11BrF3NO2/c1-6(5-17)16-10(18)8-3-2-7(12)4-9(8)11(13,14)15/h2-4,6,17H,5H2,1H3,(H,16,18). The predicted molar refractivity (Wildman–Crippen MR) is 63.2 cm³/mol. The third kappa shape index (κ3) is 3.71. The van der Waals surface area contributed by atoms with E-state index < -0.39 is 29.3 Å². The molecular formula is C11H11BrF3NO2. The summed E-state index contributed by atoms with van der Waals surface area (Å²) in [4.78, 5) is 11.7. The summed E-state index contributed by atoms with van der Waals surface area (Å²) in [6, 6.07) is 2.68. The number of carbonyl (C=O) groups is 1. The van der Waals surface area contributed by atoms with Crippen molar-refractivity contribution in [1.29, 1.82) is 0 Å². The van der Waals surface area contributed by atoms with E-state index >= 15 is 0 Å². The molecule has 1 rings (SSSR count). The fourth-order valence-electron chi connectivity index (χ4n) is 1.30. The molecule has 0 aliphatic rings. The Hall–Kier alpha value is -1.08. The number of rotatable bonds is 3. The lowest BCUT2D eigenvalue weighted by Gasteiger charge is -2.15. The van der Waals surface area contributed by atoms with E-state index in [4.69, 9.17) is 5.11 Å². The quantitative estimate of drug-likeness (QED) is 0.897. The molecule has 0 bridgehead atoms. The maximum Gasteiger partial charge on any atom is 0.417 e. The molecule has 1 atom stereocenters. The average molecular weight is 326 g/mol. The van der Waals surface area contributed by atoms with Crippen LogP contribution in [0.15, 0.2) is 22.7 Å². The van der Waals surface area contributed by atoms with Crippen LogP contribution in [0.5, 0.6) is 0 Å². The number of halogens is 4. The fraction of sp³-hybridized carbons (Fsp3) is 0.364. The second kappa shape index (κ2) is 5.71. The lowest BCUT2D eigenvalue weighted by molar-refractivity contribution is -0.138. The molecule has 18 heavy (non-hydrogen) atoms. The van der Waals surface area contributed by atoms with E-state index in [1.54, 1.807) is 0 Å². The van der Waals surface area contributed by atoms with Crippen LogP contribution in [0.3, 0.4) is 0 Å². The van der Waals surface area contributed by atoms with Gasteiger partial charge in [-0.3, -0.25) is 4.79 Å². The Morgan fingerprint density at radius 1 is 1.50 bits per heavy atom. The van der Waals surface area contributed by atoms with Crippen molar-refractivity contribution in [2.24, 2.45) is 0 Å². The summed E-state index contributed by atoms with van der Waals surface area (Å²) in [5.41, 5.74) is -1.48. The van der Waals surface area contributed by atoms with Crippen molar-refractivity contribution in [1.82, 2.24) is 5.32 Å².